The van der Waals surface area contributed by atoms with Crippen molar-refractivity contribution in [1.82, 2.24) is 10.1 Å². The standard InChI is InChI=1S/C7H10N2O2/c1-6(10)9(2)5-7-3-4-11-8-7/h3-4H,5H2,1-2H3. The van der Waals surface area contributed by atoms with Gasteiger partial charge in [-0.1, -0.05) is 5.16 Å². The van der Waals surface area contributed by atoms with E-state index in [0.717, 1.165) is 5.69 Å². The molecule has 0 fully saturated rings. The normalized spacial score (nSPS) is 9.64. The van der Waals surface area contributed by atoms with Crippen molar-refractivity contribution in [3.05, 3.63) is 18.0 Å². The predicted octanol–water partition coefficient (Wildman–Crippen LogP) is 0.653. The molecule has 1 heterocycles. The van der Waals surface area contributed by atoms with Crippen molar-refractivity contribution >= 4 is 5.91 Å². The molecule has 1 rings (SSSR count). The van der Waals surface area contributed by atoms with Gasteiger partial charge in [-0.25, -0.2) is 0 Å². The predicted molar refractivity (Wildman–Crippen MR) is 38.7 cm³/mol. The SMILES string of the molecule is CC(=O)N(C)Cc1ccon1. The molecule has 0 N–H and O–H groups in total. The maximum atomic E-state index is 10.7. The van der Waals surface area contributed by atoms with Crippen LogP contribution in [0.3, 0.4) is 0 Å². The van der Waals surface area contributed by atoms with E-state index in [4.69, 9.17) is 0 Å². The van der Waals surface area contributed by atoms with Crippen molar-refractivity contribution in [3.63, 3.8) is 0 Å². The van der Waals surface area contributed by atoms with Crippen molar-refractivity contribution in [3.8, 4) is 0 Å². The number of hydrogen-bond donors (Lipinski definition) is 0. The third-order valence-corrected chi connectivity index (χ3v) is 1.43. The molecular formula is C7H10N2O2. The van der Waals surface area contributed by atoms with E-state index in [1.807, 2.05) is 0 Å². The first kappa shape index (κ1) is 7.78. The number of carbonyl (C=O) groups is 1. The lowest BCUT2D eigenvalue weighted by molar-refractivity contribution is -0.128. The summed E-state index contributed by atoms with van der Waals surface area (Å²) in [4.78, 5) is 12.3. The lowest BCUT2D eigenvalue weighted by Crippen LogP contribution is -2.23. The van der Waals surface area contributed by atoms with Gasteiger partial charge in [0.05, 0.1) is 6.54 Å². The van der Waals surface area contributed by atoms with Crippen molar-refractivity contribution in [1.29, 1.82) is 0 Å². The summed E-state index contributed by atoms with van der Waals surface area (Å²) in [5.74, 6) is 0.0213. The van der Waals surface area contributed by atoms with Gasteiger partial charge in [-0.3, -0.25) is 4.79 Å². The van der Waals surface area contributed by atoms with Gasteiger partial charge >= 0.3 is 0 Å². The first-order valence-electron chi connectivity index (χ1n) is 3.31. The Bertz CT molecular complexity index is 231. The molecular weight excluding hydrogens is 144 g/mol. The molecule has 0 unspecified atom stereocenters. The second-order valence-corrected chi connectivity index (χ2v) is 2.37. The minimum absolute atomic E-state index is 0.0213. The average Bonchev–Trinajstić information content (AvgIpc) is 2.39. The molecule has 0 saturated carbocycles. The monoisotopic (exact) mass is 154 g/mol. The molecule has 4 heteroatoms. The Morgan fingerprint density at radius 1 is 1.82 bits per heavy atom. The largest absolute Gasteiger partial charge is 0.364 e. The van der Waals surface area contributed by atoms with Gasteiger partial charge in [0.25, 0.3) is 0 Å². The number of hydrogen-bond acceptors (Lipinski definition) is 3. The summed E-state index contributed by atoms with van der Waals surface area (Å²) in [6.07, 6.45) is 1.49. The van der Waals surface area contributed by atoms with Crippen LogP contribution >= 0.6 is 0 Å². The molecule has 11 heavy (non-hydrogen) atoms. The van der Waals surface area contributed by atoms with E-state index < -0.39 is 0 Å². The van der Waals surface area contributed by atoms with Crippen LogP contribution in [0.5, 0.6) is 0 Å². The van der Waals surface area contributed by atoms with Gasteiger partial charge < -0.3 is 9.42 Å². The molecule has 0 atom stereocenters. The number of nitrogens with zero attached hydrogens (tertiary/aromatic N) is 2. The van der Waals surface area contributed by atoms with Gasteiger partial charge in [-0.2, -0.15) is 0 Å². The summed E-state index contributed by atoms with van der Waals surface area (Å²) in [7, 11) is 1.72. The molecule has 0 spiro atoms. The highest BCUT2D eigenvalue weighted by Crippen LogP contribution is 1.98. The van der Waals surface area contributed by atoms with Gasteiger partial charge in [-0.15, -0.1) is 0 Å². The van der Waals surface area contributed by atoms with Gasteiger partial charge in [-0.05, 0) is 0 Å². The number of amides is 1. The van der Waals surface area contributed by atoms with Crippen LogP contribution in [0.15, 0.2) is 16.9 Å². The van der Waals surface area contributed by atoms with Gasteiger partial charge in [0.1, 0.15) is 12.0 Å². The van der Waals surface area contributed by atoms with Crippen molar-refractivity contribution < 1.29 is 9.32 Å². The molecule has 0 aromatic carbocycles. The molecule has 0 aliphatic heterocycles. The molecule has 0 bridgehead atoms. The van der Waals surface area contributed by atoms with Crippen LogP contribution in [-0.2, 0) is 11.3 Å². The summed E-state index contributed by atoms with van der Waals surface area (Å²) in [6, 6.07) is 1.74. The summed E-state index contributed by atoms with van der Waals surface area (Å²) in [6.45, 7) is 2.02. The van der Waals surface area contributed by atoms with E-state index in [1.54, 1.807) is 18.0 Å². The van der Waals surface area contributed by atoms with Crippen molar-refractivity contribution in [2.45, 2.75) is 13.5 Å². The molecule has 1 aromatic rings. The van der Waals surface area contributed by atoms with Gasteiger partial charge in [0.2, 0.25) is 5.91 Å². The summed E-state index contributed by atoms with van der Waals surface area (Å²) >= 11 is 0. The summed E-state index contributed by atoms with van der Waals surface area (Å²) in [5.41, 5.74) is 0.766. The highest BCUT2D eigenvalue weighted by molar-refractivity contribution is 5.72. The molecule has 4 nitrogen and oxygen atoms in total. The molecule has 0 radical (unpaired) electrons. The Labute approximate surface area is 64.8 Å². The van der Waals surface area contributed by atoms with Crippen LogP contribution in [0.1, 0.15) is 12.6 Å². The lowest BCUT2D eigenvalue weighted by Gasteiger charge is -2.11. The number of carbonyl (C=O) groups excluding carboxylic acids is 1. The van der Waals surface area contributed by atoms with E-state index in [0.29, 0.717) is 6.54 Å². The quantitative estimate of drug-likeness (QED) is 0.628. The first-order chi connectivity index (χ1) is 5.20. The zero-order valence-electron chi connectivity index (χ0n) is 6.57. The van der Waals surface area contributed by atoms with Crippen LogP contribution in [-0.4, -0.2) is 23.0 Å². The van der Waals surface area contributed by atoms with Crippen molar-refractivity contribution in [2.24, 2.45) is 0 Å². The second kappa shape index (κ2) is 3.18. The fourth-order valence-corrected chi connectivity index (χ4v) is 0.673. The third kappa shape index (κ3) is 2.07. The maximum Gasteiger partial charge on any atom is 0.219 e. The van der Waals surface area contributed by atoms with Crippen LogP contribution in [0.4, 0.5) is 0 Å². The zero-order valence-corrected chi connectivity index (χ0v) is 6.57. The Balaban J connectivity index is 2.50. The molecule has 60 valence electrons. The minimum Gasteiger partial charge on any atom is -0.364 e. The molecule has 1 aromatic heterocycles. The Morgan fingerprint density at radius 2 is 2.55 bits per heavy atom. The molecule has 0 aliphatic rings. The van der Waals surface area contributed by atoms with E-state index in [1.165, 1.54) is 13.2 Å². The Morgan fingerprint density at radius 3 is 3.00 bits per heavy atom. The smallest absolute Gasteiger partial charge is 0.219 e. The fourth-order valence-electron chi connectivity index (χ4n) is 0.673. The first-order valence-corrected chi connectivity index (χ1v) is 3.31. The number of aromatic nitrogens is 1. The Hall–Kier alpha value is -1.32. The summed E-state index contributed by atoms with van der Waals surface area (Å²) in [5, 5.41) is 3.67. The van der Waals surface area contributed by atoms with Gasteiger partial charge in [0, 0.05) is 20.0 Å². The van der Waals surface area contributed by atoms with E-state index in [2.05, 4.69) is 9.68 Å². The van der Waals surface area contributed by atoms with Crippen LogP contribution < -0.4 is 0 Å². The van der Waals surface area contributed by atoms with E-state index >= 15 is 0 Å². The van der Waals surface area contributed by atoms with Crippen LogP contribution in [0, 0.1) is 0 Å². The molecule has 0 aliphatic carbocycles. The van der Waals surface area contributed by atoms with Crippen molar-refractivity contribution in [2.75, 3.05) is 7.05 Å². The van der Waals surface area contributed by atoms with Crippen LogP contribution in [0.2, 0.25) is 0 Å². The summed E-state index contributed by atoms with van der Waals surface area (Å²) < 4.78 is 4.61. The van der Waals surface area contributed by atoms with E-state index in [9.17, 15) is 4.79 Å². The van der Waals surface area contributed by atoms with Crippen LogP contribution in [0.25, 0.3) is 0 Å². The Kier molecular flexibility index (Phi) is 2.25. The maximum absolute atomic E-state index is 10.7. The zero-order chi connectivity index (χ0) is 8.27. The fraction of sp³-hybridized carbons (Fsp3) is 0.429. The lowest BCUT2D eigenvalue weighted by atomic mass is 10.4. The highest BCUT2D eigenvalue weighted by Gasteiger charge is 2.04. The average molecular weight is 154 g/mol. The molecule has 1 amide bonds. The molecule has 0 saturated heterocycles. The third-order valence-electron chi connectivity index (χ3n) is 1.43. The highest BCUT2D eigenvalue weighted by atomic mass is 16.5. The number of rotatable bonds is 2. The second-order valence-electron chi connectivity index (χ2n) is 2.37. The minimum atomic E-state index is 0.0213. The van der Waals surface area contributed by atoms with Gasteiger partial charge in [0.15, 0.2) is 0 Å². The topological polar surface area (TPSA) is 46.3 Å². The van der Waals surface area contributed by atoms with E-state index in [-0.39, 0.29) is 5.91 Å².